The third kappa shape index (κ3) is 2.75. The highest BCUT2D eigenvalue weighted by Crippen LogP contribution is 2.28. The summed E-state index contributed by atoms with van der Waals surface area (Å²) in [5.74, 6) is 0. The Morgan fingerprint density at radius 1 is 1.09 bits per heavy atom. The molecule has 0 aromatic heterocycles. The lowest BCUT2D eigenvalue weighted by molar-refractivity contribution is 0.594. The maximum atomic E-state index is 12.7. The minimum atomic E-state index is -3.97. The van der Waals surface area contributed by atoms with Crippen LogP contribution in [0.4, 0.5) is 5.69 Å². The zero-order valence-corrected chi connectivity index (χ0v) is 13.1. The van der Waals surface area contributed by atoms with Crippen LogP contribution in [-0.4, -0.2) is 15.5 Å². The van der Waals surface area contributed by atoms with Crippen molar-refractivity contribution in [3.8, 4) is 12.1 Å². The van der Waals surface area contributed by atoms with Crippen molar-refractivity contribution in [2.75, 3.05) is 11.4 Å². The van der Waals surface area contributed by atoms with E-state index in [-0.39, 0.29) is 15.5 Å². The second-order valence-corrected chi connectivity index (χ2v) is 6.70. The van der Waals surface area contributed by atoms with Crippen LogP contribution in [0, 0.1) is 22.7 Å². The van der Waals surface area contributed by atoms with Crippen LogP contribution in [0.15, 0.2) is 47.4 Å². The molecule has 0 N–H and O–H groups in total. The van der Waals surface area contributed by atoms with Crippen molar-refractivity contribution in [3.05, 3.63) is 58.6 Å². The number of hydrogen-bond donors (Lipinski definition) is 0. The van der Waals surface area contributed by atoms with Gasteiger partial charge in [0.05, 0.1) is 27.9 Å². The SMILES string of the molecule is CN(c1cccc(C#N)c1)S(=O)(=O)c1cccc(Cl)c1C#N. The predicted molar refractivity (Wildman–Crippen MR) is 82.9 cm³/mol. The Morgan fingerprint density at radius 2 is 1.77 bits per heavy atom. The number of nitrogens with zero attached hydrogens (tertiary/aromatic N) is 3. The minimum Gasteiger partial charge on any atom is -0.269 e. The minimum absolute atomic E-state index is 0.0720. The molecule has 0 saturated carbocycles. The van der Waals surface area contributed by atoms with Crippen LogP contribution in [0.5, 0.6) is 0 Å². The molecule has 0 unspecified atom stereocenters. The number of sulfonamides is 1. The third-order valence-electron chi connectivity index (χ3n) is 3.06. The number of anilines is 1. The highest BCUT2D eigenvalue weighted by molar-refractivity contribution is 7.92. The first-order valence-corrected chi connectivity index (χ1v) is 7.91. The standard InChI is InChI=1S/C15H10ClN3O2S/c1-19(12-5-2-4-11(8-12)9-17)22(20,21)15-7-3-6-14(16)13(15)10-18/h2-8H,1H3. The van der Waals surface area contributed by atoms with Crippen molar-refractivity contribution in [2.24, 2.45) is 0 Å². The number of benzene rings is 2. The van der Waals surface area contributed by atoms with Crippen LogP contribution < -0.4 is 4.31 Å². The van der Waals surface area contributed by atoms with E-state index in [1.54, 1.807) is 18.2 Å². The second-order valence-electron chi connectivity index (χ2n) is 4.36. The van der Waals surface area contributed by atoms with E-state index in [9.17, 15) is 8.42 Å². The van der Waals surface area contributed by atoms with Gasteiger partial charge >= 0.3 is 0 Å². The normalized spacial score (nSPS) is 10.5. The second kappa shape index (κ2) is 6.07. The molecule has 0 bridgehead atoms. The van der Waals surface area contributed by atoms with E-state index in [0.29, 0.717) is 11.3 Å². The predicted octanol–water partition coefficient (Wildman–Crippen LogP) is 2.91. The Balaban J connectivity index is 2.58. The molecule has 0 aliphatic carbocycles. The van der Waals surface area contributed by atoms with Gasteiger partial charge in [0.25, 0.3) is 10.0 Å². The van der Waals surface area contributed by atoms with Gasteiger partial charge in [-0.15, -0.1) is 0 Å². The summed E-state index contributed by atoms with van der Waals surface area (Å²) in [5.41, 5.74) is 0.557. The van der Waals surface area contributed by atoms with E-state index in [4.69, 9.17) is 22.1 Å². The van der Waals surface area contributed by atoms with Crippen LogP contribution in [0.3, 0.4) is 0 Å². The molecular formula is C15H10ClN3O2S. The molecule has 0 spiro atoms. The summed E-state index contributed by atoms with van der Waals surface area (Å²) >= 11 is 5.89. The Bertz CT molecular complexity index is 911. The largest absolute Gasteiger partial charge is 0.269 e. The molecule has 7 heteroatoms. The molecule has 0 atom stereocenters. The average molecular weight is 332 g/mol. The molecule has 22 heavy (non-hydrogen) atoms. The topological polar surface area (TPSA) is 85.0 Å². The number of hydrogen-bond acceptors (Lipinski definition) is 4. The summed E-state index contributed by atoms with van der Waals surface area (Å²) in [5, 5.41) is 18.1. The molecule has 110 valence electrons. The molecule has 2 aromatic rings. The van der Waals surface area contributed by atoms with Gasteiger partial charge in [-0.05, 0) is 30.3 Å². The highest BCUT2D eigenvalue weighted by Gasteiger charge is 2.25. The van der Waals surface area contributed by atoms with Crippen molar-refractivity contribution in [1.29, 1.82) is 10.5 Å². The third-order valence-corrected chi connectivity index (χ3v) is 5.21. The molecule has 2 aromatic carbocycles. The molecule has 0 radical (unpaired) electrons. The molecule has 0 heterocycles. The van der Waals surface area contributed by atoms with E-state index in [0.717, 1.165) is 4.31 Å². The maximum absolute atomic E-state index is 12.7. The summed E-state index contributed by atoms with van der Waals surface area (Å²) in [6.45, 7) is 0. The lowest BCUT2D eigenvalue weighted by atomic mass is 10.2. The van der Waals surface area contributed by atoms with E-state index in [1.165, 1.54) is 31.3 Å². The molecule has 5 nitrogen and oxygen atoms in total. The lowest BCUT2D eigenvalue weighted by Gasteiger charge is -2.20. The van der Waals surface area contributed by atoms with Gasteiger partial charge in [-0.2, -0.15) is 10.5 Å². The zero-order chi connectivity index (χ0) is 16.3. The van der Waals surface area contributed by atoms with Gasteiger partial charge in [0, 0.05) is 7.05 Å². The summed E-state index contributed by atoms with van der Waals surface area (Å²) in [4.78, 5) is -0.174. The van der Waals surface area contributed by atoms with Gasteiger partial charge < -0.3 is 0 Å². The fourth-order valence-electron chi connectivity index (χ4n) is 1.89. The maximum Gasteiger partial charge on any atom is 0.265 e. The Hall–Kier alpha value is -2.54. The highest BCUT2D eigenvalue weighted by atomic mass is 35.5. The lowest BCUT2D eigenvalue weighted by Crippen LogP contribution is -2.27. The van der Waals surface area contributed by atoms with Gasteiger partial charge in [-0.3, -0.25) is 4.31 Å². The average Bonchev–Trinajstić information content (AvgIpc) is 2.53. The number of nitriles is 2. The molecule has 0 saturated heterocycles. The van der Waals surface area contributed by atoms with Crippen molar-refractivity contribution < 1.29 is 8.42 Å². The Morgan fingerprint density at radius 3 is 2.41 bits per heavy atom. The van der Waals surface area contributed by atoms with Crippen LogP contribution in [0.1, 0.15) is 11.1 Å². The summed E-state index contributed by atoms with van der Waals surface area (Å²) in [6, 6.07) is 14.2. The van der Waals surface area contributed by atoms with Gasteiger partial charge in [-0.1, -0.05) is 23.7 Å². The molecular weight excluding hydrogens is 322 g/mol. The first-order chi connectivity index (χ1) is 10.4. The van der Waals surface area contributed by atoms with E-state index >= 15 is 0 Å². The van der Waals surface area contributed by atoms with Crippen LogP contribution >= 0.6 is 11.6 Å². The van der Waals surface area contributed by atoms with Crippen molar-refractivity contribution in [1.82, 2.24) is 0 Å². The first kappa shape index (κ1) is 15.8. The summed E-state index contributed by atoms with van der Waals surface area (Å²) < 4.78 is 26.4. The van der Waals surface area contributed by atoms with E-state index in [1.807, 2.05) is 12.1 Å². The number of halogens is 1. The van der Waals surface area contributed by atoms with Crippen LogP contribution in [0.2, 0.25) is 5.02 Å². The fraction of sp³-hybridized carbons (Fsp3) is 0.0667. The van der Waals surface area contributed by atoms with Gasteiger partial charge in [-0.25, -0.2) is 8.42 Å². The number of rotatable bonds is 3. The molecule has 2 rings (SSSR count). The molecule has 0 aliphatic rings. The smallest absolute Gasteiger partial charge is 0.265 e. The van der Waals surface area contributed by atoms with Crippen LogP contribution in [0.25, 0.3) is 0 Å². The van der Waals surface area contributed by atoms with Gasteiger partial charge in [0.1, 0.15) is 11.0 Å². The fourth-order valence-corrected chi connectivity index (χ4v) is 3.51. The van der Waals surface area contributed by atoms with E-state index in [2.05, 4.69) is 0 Å². The zero-order valence-electron chi connectivity index (χ0n) is 11.5. The quantitative estimate of drug-likeness (QED) is 0.865. The van der Waals surface area contributed by atoms with Crippen LogP contribution in [-0.2, 0) is 10.0 Å². The molecule has 0 fully saturated rings. The van der Waals surface area contributed by atoms with Crippen molar-refractivity contribution >= 4 is 27.3 Å². The van der Waals surface area contributed by atoms with E-state index < -0.39 is 10.0 Å². The van der Waals surface area contributed by atoms with Gasteiger partial charge in [0.15, 0.2) is 0 Å². The Labute approximate surface area is 133 Å². The summed E-state index contributed by atoms with van der Waals surface area (Å²) in [6.07, 6.45) is 0. The summed E-state index contributed by atoms with van der Waals surface area (Å²) in [7, 11) is -2.61. The Kier molecular flexibility index (Phi) is 4.37. The molecule has 0 aliphatic heterocycles. The van der Waals surface area contributed by atoms with Crippen molar-refractivity contribution in [3.63, 3.8) is 0 Å². The molecule has 0 amide bonds. The monoisotopic (exact) mass is 331 g/mol. The van der Waals surface area contributed by atoms with Gasteiger partial charge in [0.2, 0.25) is 0 Å². The first-order valence-electron chi connectivity index (χ1n) is 6.09. The van der Waals surface area contributed by atoms with Crippen molar-refractivity contribution in [2.45, 2.75) is 4.90 Å².